The van der Waals surface area contributed by atoms with Crippen LogP contribution in [0.1, 0.15) is 13.8 Å². The van der Waals surface area contributed by atoms with Crippen LogP contribution in [0, 0.1) is 5.82 Å². The van der Waals surface area contributed by atoms with Gasteiger partial charge in [0.15, 0.2) is 17.5 Å². The molecule has 6 nitrogen and oxygen atoms in total. The molecule has 2 aromatic rings. The Morgan fingerprint density at radius 2 is 1.81 bits per heavy atom. The molecule has 144 valence electrons. The number of hydrogen-bond donors (Lipinski definition) is 3. The molecule has 1 unspecified atom stereocenters. The zero-order valence-electron chi connectivity index (χ0n) is 15.5. The van der Waals surface area contributed by atoms with Crippen molar-refractivity contribution in [3.8, 4) is 5.75 Å². The molecule has 2 aromatic carbocycles. The molecule has 1 atom stereocenters. The van der Waals surface area contributed by atoms with Crippen molar-refractivity contribution in [3.05, 3.63) is 60.4 Å². The highest BCUT2D eigenvalue weighted by Crippen LogP contribution is 2.16. The molecule has 1 amide bonds. The molecule has 0 fully saturated rings. The second-order valence-corrected chi connectivity index (χ2v) is 5.85. The average Bonchev–Trinajstić information content (AvgIpc) is 2.66. The number of rotatable bonds is 8. The van der Waals surface area contributed by atoms with Crippen LogP contribution >= 0.6 is 0 Å². The lowest BCUT2D eigenvalue weighted by atomic mass is 10.3. The zero-order chi connectivity index (χ0) is 19.5. The Bertz CT molecular complexity index is 753. The lowest BCUT2D eigenvalue weighted by molar-refractivity contribution is -0.114. The fourth-order valence-corrected chi connectivity index (χ4v) is 2.25. The number of halogens is 1. The van der Waals surface area contributed by atoms with E-state index in [1.807, 2.05) is 44.2 Å². The lowest BCUT2D eigenvalue weighted by Crippen LogP contribution is -2.42. The van der Waals surface area contributed by atoms with Gasteiger partial charge in [-0.1, -0.05) is 30.3 Å². The average molecular weight is 372 g/mol. The minimum atomic E-state index is -0.400. The number of ether oxygens (including phenoxy) is 1. The monoisotopic (exact) mass is 372 g/mol. The van der Waals surface area contributed by atoms with Gasteiger partial charge in [-0.25, -0.2) is 9.38 Å². The third kappa shape index (κ3) is 7.35. The first-order valence-corrected chi connectivity index (χ1v) is 8.86. The normalized spacial score (nSPS) is 12.2. The van der Waals surface area contributed by atoms with E-state index < -0.39 is 5.82 Å². The van der Waals surface area contributed by atoms with Crippen LogP contribution in [0.5, 0.6) is 5.75 Å². The van der Waals surface area contributed by atoms with Gasteiger partial charge >= 0.3 is 0 Å². The number of amides is 1. The molecule has 0 bridgehead atoms. The minimum Gasteiger partial charge on any atom is -0.486 e. The van der Waals surface area contributed by atoms with Crippen molar-refractivity contribution in [1.82, 2.24) is 10.6 Å². The molecule has 3 N–H and O–H groups in total. The Kier molecular flexibility index (Phi) is 8.09. The summed E-state index contributed by atoms with van der Waals surface area (Å²) >= 11 is 0. The van der Waals surface area contributed by atoms with Gasteiger partial charge < -0.3 is 20.7 Å². The van der Waals surface area contributed by atoms with Crippen molar-refractivity contribution in [2.45, 2.75) is 20.0 Å². The van der Waals surface area contributed by atoms with Crippen molar-refractivity contribution in [2.75, 3.05) is 25.0 Å². The molecule has 0 aromatic heterocycles. The minimum absolute atomic E-state index is 0.0211. The number of para-hydroxylation sites is 2. The quantitative estimate of drug-likeness (QED) is 0.492. The molecule has 7 heteroatoms. The van der Waals surface area contributed by atoms with Crippen LogP contribution in [-0.4, -0.2) is 37.6 Å². The standard InChI is InChI=1S/C20H25FN4O2/c1-3-22-20(24-14-19(26)25-16-9-5-4-6-10-16)23-13-15(2)27-18-12-8-7-11-17(18)21/h4-12,15H,3,13-14H2,1-2H3,(H,25,26)(H2,22,23,24). The van der Waals surface area contributed by atoms with E-state index in [1.54, 1.807) is 18.2 Å². The number of anilines is 1. The molecule has 0 aliphatic rings. The second-order valence-electron chi connectivity index (χ2n) is 5.85. The van der Waals surface area contributed by atoms with Crippen LogP contribution in [0.3, 0.4) is 0 Å². The molecule has 0 heterocycles. The molecular weight excluding hydrogens is 347 g/mol. The first-order chi connectivity index (χ1) is 13.1. The maximum absolute atomic E-state index is 13.6. The highest BCUT2D eigenvalue weighted by atomic mass is 19.1. The predicted octanol–water partition coefficient (Wildman–Crippen LogP) is 2.79. The van der Waals surface area contributed by atoms with Gasteiger partial charge in [0.2, 0.25) is 5.91 Å². The van der Waals surface area contributed by atoms with E-state index in [9.17, 15) is 9.18 Å². The fourth-order valence-electron chi connectivity index (χ4n) is 2.25. The van der Waals surface area contributed by atoms with Crippen LogP contribution in [-0.2, 0) is 4.79 Å². The largest absolute Gasteiger partial charge is 0.486 e. The van der Waals surface area contributed by atoms with E-state index in [2.05, 4.69) is 20.9 Å². The first-order valence-electron chi connectivity index (χ1n) is 8.86. The number of benzene rings is 2. The van der Waals surface area contributed by atoms with Crippen LogP contribution in [0.25, 0.3) is 0 Å². The summed E-state index contributed by atoms with van der Waals surface area (Å²) in [7, 11) is 0. The first kappa shape index (κ1) is 20.2. The van der Waals surface area contributed by atoms with Crippen molar-refractivity contribution < 1.29 is 13.9 Å². The van der Waals surface area contributed by atoms with Gasteiger partial charge in [0.1, 0.15) is 12.6 Å². The topological polar surface area (TPSA) is 74.8 Å². The summed E-state index contributed by atoms with van der Waals surface area (Å²) in [5.74, 6) is 0.0808. The summed E-state index contributed by atoms with van der Waals surface area (Å²) in [5, 5.41) is 8.93. The van der Waals surface area contributed by atoms with E-state index in [0.717, 1.165) is 5.69 Å². The number of aliphatic imine (C=N–C) groups is 1. The fraction of sp³-hybridized carbons (Fsp3) is 0.300. The maximum Gasteiger partial charge on any atom is 0.246 e. The van der Waals surface area contributed by atoms with Crippen molar-refractivity contribution >= 4 is 17.6 Å². The summed E-state index contributed by atoms with van der Waals surface area (Å²) in [5.41, 5.74) is 0.725. The molecular formula is C20H25FN4O2. The van der Waals surface area contributed by atoms with Crippen molar-refractivity contribution in [2.24, 2.45) is 4.99 Å². The molecule has 0 spiro atoms. The van der Waals surface area contributed by atoms with Gasteiger partial charge in [-0.2, -0.15) is 0 Å². The van der Waals surface area contributed by atoms with Gasteiger partial charge in [-0.3, -0.25) is 4.79 Å². The van der Waals surface area contributed by atoms with Gasteiger partial charge in [0.25, 0.3) is 0 Å². The van der Waals surface area contributed by atoms with E-state index in [0.29, 0.717) is 19.0 Å². The molecule has 0 radical (unpaired) electrons. The van der Waals surface area contributed by atoms with Gasteiger partial charge in [0.05, 0.1) is 6.54 Å². The number of nitrogens with one attached hydrogen (secondary N) is 3. The number of nitrogens with zero attached hydrogens (tertiary/aromatic N) is 1. The van der Waals surface area contributed by atoms with E-state index in [4.69, 9.17) is 4.74 Å². The number of guanidine groups is 1. The molecule has 0 aliphatic carbocycles. The highest BCUT2D eigenvalue weighted by Gasteiger charge is 2.09. The third-order valence-electron chi connectivity index (χ3n) is 3.50. The van der Waals surface area contributed by atoms with E-state index >= 15 is 0 Å². The summed E-state index contributed by atoms with van der Waals surface area (Å²) < 4.78 is 19.2. The van der Waals surface area contributed by atoms with Gasteiger partial charge in [-0.15, -0.1) is 0 Å². The third-order valence-corrected chi connectivity index (χ3v) is 3.50. The van der Waals surface area contributed by atoms with Crippen molar-refractivity contribution in [3.63, 3.8) is 0 Å². The second kappa shape index (κ2) is 10.8. The van der Waals surface area contributed by atoms with Crippen LogP contribution in [0.15, 0.2) is 59.6 Å². The lowest BCUT2D eigenvalue weighted by Gasteiger charge is -2.18. The Hall–Kier alpha value is -3.09. The molecule has 27 heavy (non-hydrogen) atoms. The SMILES string of the molecule is CCNC(=NCC(=O)Nc1ccccc1)NCC(C)Oc1ccccc1F. The Morgan fingerprint density at radius 1 is 1.11 bits per heavy atom. The molecule has 2 rings (SSSR count). The molecule has 0 saturated carbocycles. The Morgan fingerprint density at radius 3 is 2.52 bits per heavy atom. The number of carbonyl (C=O) groups excluding carboxylic acids is 1. The Labute approximate surface area is 158 Å². The maximum atomic E-state index is 13.6. The van der Waals surface area contributed by atoms with Gasteiger partial charge in [-0.05, 0) is 38.1 Å². The smallest absolute Gasteiger partial charge is 0.246 e. The number of carbonyl (C=O) groups is 1. The Balaban J connectivity index is 1.83. The summed E-state index contributed by atoms with van der Waals surface area (Å²) in [4.78, 5) is 16.3. The zero-order valence-corrected chi connectivity index (χ0v) is 15.5. The van der Waals surface area contributed by atoms with Gasteiger partial charge in [0, 0.05) is 12.2 Å². The highest BCUT2D eigenvalue weighted by molar-refractivity contribution is 5.94. The predicted molar refractivity (Wildman–Crippen MR) is 106 cm³/mol. The summed E-state index contributed by atoms with van der Waals surface area (Å²) in [6.07, 6.45) is -0.288. The molecule has 0 saturated heterocycles. The number of hydrogen-bond acceptors (Lipinski definition) is 3. The van der Waals surface area contributed by atoms with E-state index in [-0.39, 0.29) is 24.3 Å². The molecule has 0 aliphatic heterocycles. The van der Waals surface area contributed by atoms with Crippen LogP contribution in [0.2, 0.25) is 0 Å². The van der Waals surface area contributed by atoms with Crippen molar-refractivity contribution in [1.29, 1.82) is 0 Å². The van der Waals surface area contributed by atoms with E-state index in [1.165, 1.54) is 6.07 Å². The summed E-state index contributed by atoms with van der Waals surface area (Å²) in [6, 6.07) is 15.5. The summed E-state index contributed by atoms with van der Waals surface area (Å²) in [6.45, 7) is 4.79. The van der Waals surface area contributed by atoms with Crippen LogP contribution < -0.4 is 20.7 Å². The van der Waals surface area contributed by atoms with Crippen LogP contribution in [0.4, 0.5) is 10.1 Å².